The molecule has 6 heteroatoms. The highest BCUT2D eigenvalue weighted by Crippen LogP contribution is 2.42. The van der Waals surface area contributed by atoms with Gasteiger partial charge in [-0.3, -0.25) is 9.59 Å². The number of fused-ring (bicyclic) bond motifs is 1. The molecule has 160 valence electrons. The fourth-order valence-corrected chi connectivity index (χ4v) is 4.65. The van der Waals surface area contributed by atoms with Gasteiger partial charge in [-0.1, -0.05) is 54.2 Å². The van der Waals surface area contributed by atoms with Crippen LogP contribution >= 0.6 is 11.8 Å². The Morgan fingerprint density at radius 2 is 1.75 bits per heavy atom. The van der Waals surface area contributed by atoms with E-state index in [0.717, 1.165) is 29.0 Å². The van der Waals surface area contributed by atoms with Gasteiger partial charge in [-0.15, -0.1) is 0 Å². The van der Waals surface area contributed by atoms with E-state index in [-0.39, 0.29) is 24.2 Å². The average Bonchev–Trinajstić information content (AvgIpc) is 3.62. The van der Waals surface area contributed by atoms with E-state index in [1.54, 1.807) is 35.2 Å². The fraction of sp³-hybridized carbons (Fsp3) is 0.154. The SMILES string of the molecule is O=C(NC1CC1)c1ccc(/C=C2\Sc3ccccc3N(Cc3ccccc3F)C2=O)cc1. The smallest absolute Gasteiger partial charge is 0.265 e. The molecule has 5 rings (SSSR count). The Labute approximate surface area is 190 Å². The lowest BCUT2D eigenvalue weighted by Gasteiger charge is -2.30. The van der Waals surface area contributed by atoms with Crippen LogP contribution in [0.4, 0.5) is 10.1 Å². The van der Waals surface area contributed by atoms with Gasteiger partial charge in [-0.2, -0.15) is 0 Å². The average molecular weight is 445 g/mol. The molecule has 1 N–H and O–H groups in total. The van der Waals surface area contributed by atoms with Crippen LogP contribution in [0, 0.1) is 5.82 Å². The summed E-state index contributed by atoms with van der Waals surface area (Å²) in [6, 6.07) is 21.7. The second-order valence-corrected chi connectivity index (χ2v) is 9.01. The van der Waals surface area contributed by atoms with Crippen molar-refractivity contribution in [2.75, 3.05) is 4.90 Å². The highest BCUT2D eigenvalue weighted by Gasteiger charge is 2.29. The van der Waals surface area contributed by atoms with Crippen molar-refractivity contribution in [1.82, 2.24) is 5.32 Å². The van der Waals surface area contributed by atoms with Gasteiger partial charge in [0.05, 0.1) is 17.1 Å². The summed E-state index contributed by atoms with van der Waals surface area (Å²) in [7, 11) is 0. The van der Waals surface area contributed by atoms with Gasteiger partial charge in [0, 0.05) is 22.1 Å². The van der Waals surface area contributed by atoms with Crippen molar-refractivity contribution >= 4 is 35.3 Å². The molecule has 1 fully saturated rings. The minimum atomic E-state index is -0.332. The molecule has 1 aliphatic carbocycles. The van der Waals surface area contributed by atoms with Crippen LogP contribution in [0.3, 0.4) is 0 Å². The molecule has 0 radical (unpaired) electrons. The summed E-state index contributed by atoms with van der Waals surface area (Å²) in [5, 5.41) is 2.97. The maximum atomic E-state index is 14.3. The molecule has 0 aromatic heterocycles. The fourth-order valence-electron chi connectivity index (χ4n) is 3.59. The lowest BCUT2D eigenvalue weighted by molar-refractivity contribution is -0.114. The van der Waals surface area contributed by atoms with Gasteiger partial charge in [0.2, 0.25) is 0 Å². The monoisotopic (exact) mass is 444 g/mol. The summed E-state index contributed by atoms with van der Waals surface area (Å²) >= 11 is 1.40. The second kappa shape index (κ2) is 8.63. The molecule has 0 atom stereocenters. The molecule has 2 amide bonds. The number of hydrogen-bond donors (Lipinski definition) is 1. The highest BCUT2D eigenvalue weighted by atomic mass is 32.2. The number of nitrogens with one attached hydrogen (secondary N) is 1. The molecule has 3 aromatic rings. The third kappa shape index (κ3) is 4.32. The Balaban J connectivity index is 1.43. The summed E-state index contributed by atoms with van der Waals surface area (Å²) < 4.78 is 14.3. The third-order valence-electron chi connectivity index (χ3n) is 5.50. The summed E-state index contributed by atoms with van der Waals surface area (Å²) in [5.74, 6) is -0.575. The predicted molar refractivity (Wildman–Crippen MR) is 125 cm³/mol. The van der Waals surface area contributed by atoms with E-state index in [9.17, 15) is 14.0 Å². The first-order chi connectivity index (χ1) is 15.6. The van der Waals surface area contributed by atoms with E-state index in [1.807, 2.05) is 42.5 Å². The lowest BCUT2D eigenvalue weighted by Crippen LogP contribution is -2.34. The topological polar surface area (TPSA) is 49.4 Å². The summed E-state index contributed by atoms with van der Waals surface area (Å²) in [4.78, 5) is 28.7. The molecule has 3 aromatic carbocycles. The van der Waals surface area contributed by atoms with Crippen molar-refractivity contribution in [3.05, 3.63) is 100 Å². The molecule has 0 bridgehead atoms. The Bertz CT molecular complexity index is 1220. The van der Waals surface area contributed by atoms with Crippen LogP contribution in [0.15, 0.2) is 82.6 Å². The van der Waals surface area contributed by atoms with Gasteiger partial charge in [-0.25, -0.2) is 4.39 Å². The van der Waals surface area contributed by atoms with Crippen molar-refractivity contribution in [3.63, 3.8) is 0 Å². The van der Waals surface area contributed by atoms with Crippen LogP contribution in [-0.2, 0) is 11.3 Å². The Morgan fingerprint density at radius 1 is 1.03 bits per heavy atom. The van der Waals surface area contributed by atoms with E-state index in [0.29, 0.717) is 22.1 Å². The molecule has 32 heavy (non-hydrogen) atoms. The number of benzene rings is 3. The van der Waals surface area contributed by atoms with E-state index in [4.69, 9.17) is 0 Å². The molecule has 0 unspecified atom stereocenters. The van der Waals surface area contributed by atoms with Crippen molar-refractivity contribution in [1.29, 1.82) is 0 Å². The lowest BCUT2D eigenvalue weighted by atomic mass is 10.1. The number of anilines is 1. The maximum Gasteiger partial charge on any atom is 0.265 e. The van der Waals surface area contributed by atoms with E-state index in [1.165, 1.54) is 17.8 Å². The molecule has 0 spiro atoms. The predicted octanol–water partition coefficient (Wildman–Crippen LogP) is 5.40. The number of para-hydroxylation sites is 1. The van der Waals surface area contributed by atoms with Gasteiger partial charge in [0.1, 0.15) is 5.82 Å². The van der Waals surface area contributed by atoms with Gasteiger partial charge in [0.15, 0.2) is 0 Å². The minimum Gasteiger partial charge on any atom is -0.349 e. The van der Waals surface area contributed by atoms with Crippen molar-refractivity contribution in [3.8, 4) is 0 Å². The standard InChI is InChI=1S/C26H21FN2O2S/c27-21-6-2-1-5-19(21)16-29-22-7-3-4-8-23(22)32-24(26(29)31)15-17-9-11-18(12-10-17)25(30)28-20-13-14-20/h1-12,15,20H,13-14,16H2,(H,28,30)/b24-15-. The zero-order chi connectivity index (χ0) is 22.1. The molecule has 1 saturated carbocycles. The Kier molecular flexibility index (Phi) is 5.53. The molecule has 1 heterocycles. The number of rotatable bonds is 5. The van der Waals surface area contributed by atoms with E-state index < -0.39 is 0 Å². The highest BCUT2D eigenvalue weighted by molar-refractivity contribution is 8.04. The van der Waals surface area contributed by atoms with Crippen LogP contribution < -0.4 is 10.2 Å². The minimum absolute atomic E-state index is 0.0696. The maximum absolute atomic E-state index is 14.3. The number of thioether (sulfide) groups is 1. The first kappa shape index (κ1) is 20.5. The zero-order valence-electron chi connectivity index (χ0n) is 17.3. The molecule has 4 nitrogen and oxygen atoms in total. The number of carbonyl (C=O) groups is 2. The molecule has 1 aliphatic heterocycles. The normalized spacial score (nSPS) is 16.7. The first-order valence-corrected chi connectivity index (χ1v) is 11.3. The molecule has 2 aliphatic rings. The Morgan fingerprint density at radius 3 is 2.50 bits per heavy atom. The largest absolute Gasteiger partial charge is 0.349 e. The van der Waals surface area contributed by atoms with Crippen molar-refractivity contribution in [2.24, 2.45) is 0 Å². The van der Waals surface area contributed by atoms with E-state index in [2.05, 4.69) is 5.32 Å². The zero-order valence-corrected chi connectivity index (χ0v) is 18.1. The van der Waals surface area contributed by atoms with Crippen LogP contribution in [0.5, 0.6) is 0 Å². The quantitative estimate of drug-likeness (QED) is 0.536. The van der Waals surface area contributed by atoms with Crippen molar-refractivity contribution in [2.45, 2.75) is 30.3 Å². The van der Waals surface area contributed by atoms with Crippen molar-refractivity contribution < 1.29 is 14.0 Å². The van der Waals surface area contributed by atoms with Crippen LogP contribution in [0.25, 0.3) is 6.08 Å². The van der Waals surface area contributed by atoms with Gasteiger partial charge >= 0.3 is 0 Å². The third-order valence-corrected chi connectivity index (χ3v) is 6.58. The molecule has 0 saturated heterocycles. The number of carbonyl (C=O) groups excluding carboxylic acids is 2. The Hall–Kier alpha value is -3.38. The summed E-state index contributed by atoms with van der Waals surface area (Å²) in [5.41, 5.74) is 2.67. The number of halogens is 1. The van der Waals surface area contributed by atoms with Crippen LogP contribution in [-0.4, -0.2) is 17.9 Å². The molecular formula is C26H21FN2O2S. The van der Waals surface area contributed by atoms with Gasteiger partial charge < -0.3 is 10.2 Å². The van der Waals surface area contributed by atoms with E-state index >= 15 is 0 Å². The summed E-state index contributed by atoms with van der Waals surface area (Å²) in [6.07, 6.45) is 3.90. The second-order valence-electron chi connectivity index (χ2n) is 7.93. The number of amides is 2. The van der Waals surface area contributed by atoms with Gasteiger partial charge in [0.25, 0.3) is 11.8 Å². The first-order valence-electron chi connectivity index (χ1n) is 10.5. The molecular weight excluding hydrogens is 423 g/mol. The summed E-state index contributed by atoms with van der Waals surface area (Å²) in [6.45, 7) is 0.153. The number of nitrogens with zero attached hydrogens (tertiary/aromatic N) is 1. The number of hydrogen-bond acceptors (Lipinski definition) is 3. The van der Waals surface area contributed by atoms with Crippen LogP contribution in [0.1, 0.15) is 34.3 Å². The van der Waals surface area contributed by atoms with Crippen LogP contribution in [0.2, 0.25) is 0 Å². The van der Waals surface area contributed by atoms with Gasteiger partial charge in [-0.05, 0) is 54.8 Å².